The Balaban J connectivity index is 1.40. The maximum atomic E-state index is 12.4. The number of nitrogens with zero attached hydrogens (tertiary/aromatic N) is 5. The molecule has 0 saturated heterocycles. The van der Waals surface area contributed by atoms with Gasteiger partial charge < -0.3 is 5.32 Å². The number of aromatic nitrogens is 5. The number of aromatic amines is 1. The van der Waals surface area contributed by atoms with Crippen molar-refractivity contribution in [2.75, 3.05) is 6.54 Å². The van der Waals surface area contributed by atoms with E-state index < -0.39 is 0 Å². The Morgan fingerprint density at radius 1 is 1.30 bits per heavy atom. The molecule has 0 unspecified atom stereocenters. The quantitative estimate of drug-likeness (QED) is 0.716. The summed E-state index contributed by atoms with van der Waals surface area (Å²) >= 11 is 0. The number of H-pyrrole nitrogens is 1. The van der Waals surface area contributed by atoms with Gasteiger partial charge in [-0.05, 0) is 32.0 Å². The van der Waals surface area contributed by atoms with E-state index in [0.29, 0.717) is 12.2 Å². The zero-order chi connectivity index (χ0) is 18.8. The van der Waals surface area contributed by atoms with Gasteiger partial charge in [-0.25, -0.2) is 0 Å². The molecule has 0 aliphatic carbocycles. The van der Waals surface area contributed by atoms with E-state index in [1.54, 1.807) is 6.20 Å². The standard InChI is InChI=1S/C19H23N7O/c1-13-17(14(2)23-22-13)12-25-7-8-26-16(11-25)9-18(24-26)19(27)21-10-15-5-3-4-6-20-15/h3-6,9H,7-8,10-12H2,1-2H3,(H,21,27)(H,22,23). The Kier molecular flexibility index (Phi) is 4.72. The second kappa shape index (κ2) is 7.32. The molecule has 3 aromatic heterocycles. The molecule has 0 radical (unpaired) electrons. The minimum atomic E-state index is -0.171. The Morgan fingerprint density at radius 3 is 2.93 bits per heavy atom. The number of carbonyl (C=O) groups excluding carboxylic acids is 1. The molecule has 4 rings (SSSR count). The van der Waals surface area contributed by atoms with Crippen LogP contribution in [-0.4, -0.2) is 42.3 Å². The van der Waals surface area contributed by atoms with Crippen LogP contribution in [0.1, 0.15) is 38.8 Å². The van der Waals surface area contributed by atoms with Gasteiger partial charge in [-0.15, -0.1) is 0 Å². The molecule has 4 heterocycles. The van der Waals surface area contributed by atoms with Gasteiger partial charge in [0.15, 0.2) is 5.69 Å². The first-order chi connectivity index (χ1) is 13.1. The van der Waals surface area contributed by atoms with E-state index >= 15 is 0 Å². The maximum Gasteiger partial charge on any atom is 0.272 e. The van der Waals surface area contributed by atoms with E-state index in [1.807, 2.05) is 42.8 Å². The van der Waals surface area contributed by atoms with E-state index in [4.69, 9.17) is 0 Å². The number of amides is 1. The van der Waals surface area contributed by atoms with E-state index in [0.717, 1.165) is 49.0 Å². The third-order valence-corrected chi connectivity index (χ3v) is 4.93. The lowest BCUT2D eigenvalue weighted by atomic mass is 10.1. The number of rotatable bonds is 5. The predicted octanol–water partition coefficient (Wildman–Crippen LogP) is 1.56. The van der Waals surface area contributed by atoms with Gasteiger partial charge in [0.1, 0.15) is 0 Å². The number of pyridine rings is 1. The number of fused-ring (bicyclic) bond motifs is 1. The van der Waals surface area contributed by atoms with Crippen molar-refractivity contribution < 1.29 is 4.79 Å². The monoisotopic (exact) mass is 365 g/mol. The molecule has 1 aliphatic rings. The van der Waals surface area contributed by atoms with Crippen LogP contribution in [0, 0.1) is 13.8 Å². The van der Waals surface area contributed by atoms with Gasteiger partial charge in [0, 0.05) is 37.1 Å². The maximum absolute atomic E-state index is 12.4. The highest BCUT2D eigenvalue weighted by Crippen LogP contribution is 2.19. The summed E-state index contributed by atoms with van der Waals surface area (Å²) in [6.07, 6.45) is 1.72. The van der Waals surface area contributed by atoms with Crippen molar-refractivity contribution in [1.29, 1.82) is 0 Å². The van der Waals surface area contributed by atoms with Gasteiger partial charge in [0.25, 0.3) is 5.91 Å². The summed E-state index contributed by atoms with van der Waals surface area (Å²) in [5.41, 5.74) is 5.74. The molecular formula is C19H23N7O. The summed E-state index contributed by atoms with van der Waals surface area (Å²) in [6.45, 7) is 7.76. The van der Waals surface area contributed by atoms with Crippen molar-refractivity contribution in [3.05, 3.63) is 64.5 Å². The lowest BCUT2D eigenvalue weighted by molar-refractivity contribution is 0.0944. The summed E-state index contributed by atoms with van der Waals surface area (Å²) in [4.78, 5) is 19.0. The van der Waals surface area contributed by atoms with Crippen molar-refractivity contribution in [1.82, 2.24) is 35.2 Å². The Labute approximate surface area is 157 Å². The minimum Gasteiger partial charge on any atom is -0.345 e. The summed E-state index contributed by atoms with van der Waals surface area (Å²) in [6, 6.07) is 7.53. The van der Waals surface area contributed by atoms with Crippen molar-refractivity contribution in [3.8, 4) is 0 Å². The second-order valence-corrected chi connectivity index (χ2v) is 6.87. The average Bonchev–Trinajstić information content (AvgIpc) is 3.25. The van der Waals surface area contributed by atoms with E-state index in [9.17, 15) is 4.79 Å². The minimum absolute atomic E-state index is 0.171. The Bertz CT molecular complexity index is 925. The number of carbonyl (C=O) groups is 1. The number of hydrogen-bond acceptors (Lipinski definition) is 5. The third kappa shape index (κ3) is 3.75. The van der Waals surface area contributed by atoms with E-state index in [1.165, 1.54) is 5.56 Å². The zero-order valence-corrected chi connectivity index (χ0v) is 15.6. The van der Waals surface area contributed by atoms with Gasteiger partial charge in [0.2, 0.25) is 0 Å². The summed E-state index contributed by atoms with van der Waals surface area (Å²) in [5, 5.41) is 14.7. The zero-order valence-electron chi connectivity index (χ0n) is 15.6. The molecule has 27 heavy (non-hydrogen) atoms. The molecule has 8 heteroatoms. The SMILES string of the molecule is Cc1n[nH]c(C)c1CN1CCn2nc(C(=O)NCc3ccccn3)cc2C1. The van der Waals surface area contributed by atoms with Crippen LogP contribution in [0.3, 0.4) is 0 Å². The molecule has 1 amide bonds. The van der Waals surface area contributed by atoms with Crippen molar-refractivity contribution in [2.24, 2.45) is 0 Å². The van der Waals surface area contributed by atoms with Crippen LogP contribution >= 0.6 is 0 Å². The molecule has 0 aromatic carbocycles. The van der Waals surface area contributed by atoms with Gasteiger partial charge in [-0.1, -0.05) is 6.07 Å². The van der Waals surface area contributed by atoms with Crippen LogP contribution in [0.4, 0.5) is 0 Å². The van der Waals surface area contributed by atoms with Crippen LogP contribution in [0.15, 0.2) is 30.5 Å². The highest BCUT2D eigenvalue weighted by Gasteiger charge is 2.22. The molecule has 140 valence electrons. The Hall–Kier alpha value is -3.00. The van der Waals surface area contributed by atoms with Crippen LogP contribution in [0.5, 0.6) is 0 Å². The first-order valence-corrected chi connectivity index (χ1v) is 9.08. The first-order valence-electron chi connectivity index (χ1n) is 9.08. The summed E-state index contributed by atoms with van der Waals surface area (Å²) < 4.78 is 1.93. The van der Waals surface area contributed by atoms with Crippen molar-refractivity contribution in [2.45, 2.75) is 40.0 Å². The first kappa shape index (κ1) is 17.4. The van der Waals surface area contributed by atoms with Gasteiger partial charge in [0.05, 0.1) is 30.2 Å². The van der Waals surface area contributed by atoms with Gasteiger partial charge in [-0.3, -0.25) is 24.5 Å². The smallest absolute Gasteiger partial charge is 0.272 e. The molecule has 0 saturated carbocycles. The lowest BCUT2D eigenvalue weighted by Crippen LogP contribution is -2.33. The molecule has 0 spiro atoms. The number of nitrogens with one attached hydrogen (secondary N) is 2. The second-order valence-electron chi connectivity index (χ2n) is 6.87. The molecule has 0 fully saturated rings. The van der Waals surface area contributed by atoms with Crippen LogP contribution < -0.4 is 5.32 Å². The number of hydrogen-bond donors (Lipinski definition) is 2. The van der Waals surface area contributed by atoms with Crippen molar-refractivity contribution >= 4 is 5.91 Å². The van der Waals surface area contributed by atoms with Crippen LogP contribution in [0.2, 0.25) is 0 Å². The molecule has 3 aromatic rings. The predicted molar refractivity (Wildman–Crippen MR) is 99.8 cm³/mol. The van der Waals surface area contributed by atoms with Gasteiger partial charge >= 0.3 is 0 Å². The average molecular weight is 365 g/mol. The highest BCUT2D eigenvalue weighted by atomic mass is 16.1. The lowest BCUT2D eigenvalue weighted by Gasteiger charge is -2.27. The molecule has 1 aliphatic heterocycles. The van der Waals surface area contributed by atoms with E-state index in [-0.39, 0.29) is 5.91 Å². The molecule has 0 atom stereocenters. The fourth-order valence-corrected chi connectivity index (χ4v) is 3.36. The molecular weight excluding hydrogens is 342 g/mol. The van der Waals surface area contributed by atoms with Crippen LogP contribution in [-0.2, 0) is 26.2 Å². The topological polar surface area (TPSA) is 91.7 Å². The fraction of sp³-hybridized carbons (Fsp3) is 0.368. The summed E-state index contributed by atoms with van der Waals surface area (Å²) in [5.74, 6) is -0.171. The molecule has 2 N–H and O–H groups in total. The van der Waals surface area contributed by atoms with Gasteiger partial charge in [-0.2, -0.15) is 10.2 Å². The fourth-order valence-electron chi connectivity index (χ4n) is 3.36. The van der Waals surface area contributed by atoms with E-state index in [2.05, 4.69) is 30.5 Å². The highest BCUT2D eigenvalue weighted by molar-refractivity contribution is 5.92. The van der Waals surface area contributed by atoms with Crippen LogP contribution in [0.25, 0.3) is 0 Å². The Morgan fingerprint density at radius 2 is 2.19 bits per heavy atom. The largest absolute Gasteiger partial charge is 0.345 e. The number of aryl methyl sites for hydroxylation is 2. The summed E-state index contributed by atoms with van der Waals surface area (Å²) in [7, 11) is 0. The molecule has 0 bridgehead atoms. The third-order valence-electron chi connectivity index (χ3n) is 4.93. The molecule has 8 nitrogen and oxygen atoms in total. The van der Waals surface area contributed by atoms with Crippen molar-refractivity contribution in [3.63, 3.8) is 0 Å². The normalized spacial score (nSPS) is 14.1.